The van der Waals surface area contributed by atoms with E-state index in [4.69, 9.17) is 0 Å². The van der Waals surface area contributed by atoms with Gasteiger partial charge in [0.05, 0.1) is 0 Å². The van der Waals surface area contributed by atoms with Crippen LogP contribution in [0, 0.1) is 12.7 Å². The summed E-state index contributed by atoms with van der Waals surface area (Å²) in [5, 5.41) is 0. The van der Waals surface area contributed by atoms with Gasteiger partial charge in [-0.25, -0.2) is 4.39 Å². The molecule has 3 aromatic rings. The van der Waals surface area contributed by atoms with E-state index in [0.717, 1.165) is 23.1 Å². The Morgan fingerprint density at radius 1 is 0.750 bits per heavy atom. The molecular formula is C23H23F. The Labute approximate surface area is 144 Å². The van der Waals surface area contributed by atoms with Crippen LogP contribution in [0.4, 0.5) is 4.39 Å². The van der Waals surface area contributed by atoms with Crippen LogP contribution in [0.1, 0.15) is 30.9 Å². The van der Waals surface area contributed by atoms with Gasteiger partial charge in [-0.05, 0) is 48.1 Å². The van der Waals surface area contributed by atoms with E-state index in [1.807, 2.05) is 43.3 Å². The number of rotatable bonds is 5. The topological polar surface area (TPSA) is 0 Å². The minimum absolute atomic E-state index is 0.175. The van der Waals surface area contributed by atoms with Crippen molar-refractivity contribution in [3.8, 4) is 22.3 Å². The van der Waals surface area contributed by atoms with Gasteiger partial charge < -0.3 is 0 Å². The molecule has 0 aliphatic carbocycles. The summed E-state index contributed by atoms with van der Waals surface area (Å²) in [5.74, 6) is -0.175. The van der Waals surface area contributed by atoms with Crippen molar-refractivity contribution in [2.75, 3.05) is 0 Å². The lowest BCUT2D eigenvalue weighted by Crippen LogP contribution is -1.88. The van der Waals surface area contributed by atoms with Gasteiger partial charge >= 0.3 is 0 Å². The molecule has 0 saturated heterocycles. The fraction of sp³-hybridized carbons (Fsp3) is 0.217. The molecule has 122 valence electrons. The van der Waals surface area contributed by atoms with Crippen LogP contribution in [-0.2, 0) is 6.42 Å². The third-order valence-corrected chi connectivity index (χ3v) is 4.44. The first-order valence-corrected chi connectivity index (χ1v) is 8.63. The molecule has 0 unspecified atom stereocenters. The molecule has 0 bridgehead atoms. The van der Waals surface area contributed by atoms with E-state index in [1.54, 1.807) is 6.07 Å². The smallest absolute Gasteiger partial charge is 0.131 e. The van der Waals surface area contributed by atoms with Gasteiger partial charge in [-0.3, -0.25) is 0 Å². The molecule has 0 amide bonds. The SMILES string of the molecule is CCCCc1ccc(-c2ccc(-c3ccc(C)cc3)c(F)c2)cc1. The van der Waals surface area contributed by atoms with Gasteiger partial charge in [-0.1, -0.05) is 79.6 Å². The van der Waals surface area contributed by atoms with E-state index in [9.17, 15) is 4.39 Å². The minimum atomic E-state index is -0.175. The predicted octanol–water partition coefficient (Wildman–Crippen LogP) is 6.81. The van der Waals surface area contributed by atoms with Gasteiger partial charge in [0.2, 0.25) is 0 Å². The number of hydrogen-bond donors (Lipinski definition) is 0. The Kier molecular flexibility index (Phi) is 5.10. The number of hydrogen-bond acceptors (Lipinski definition) is 0. The molecule has 0 N–H and O–H groups in total. The zero-order chi connectivity index (χ0) is 16.9. The second kappa shape index (κ2) is 7.44. The minimum Gasteiger partial charge on any atom is -0.206 e. The maximum atomic E-state index is 14.6. The van der Waals surface area contributed by atoms with E-state index in [1.165, 1.54) is 24.0 Å². The second-order valence-electron chi connectivity index (χ2n) is 6.36. The zero-order valence-corrected chi connectivity index (χ0v) is 14.4. The Morgan fingerprint density at radius 2 is 1.38 bits per heavy atom. The number of aryl methyl sites for hydroxylation is 2. The molecule has 1 heteroatoms. The molecule has 0 heterocycles. The predicted molar refractivity (Wildman–Crippen MR) is 101 cm³/mol. The van der Waals surface area contributed by atoms with Crippen LogP contribution in [0.3, 0.4) is 0 Å². The Hall–Kier alpha value is -2.41. The summed E-state index contributed by atoms with van der Waals surface area (Å²) >= 11 is 0. The molecule has 0 aliphatic heterocycles. The summed E-state index contributed by atoms with van der Waals surface area (Å²) in [4.78, 5) is 0. The quantitative estimate of drug-likeness (QED) is 0.484. The summed E-state index contributed by atoms with van der Waals surface area (Å²) in [5.41, 5.74) is 6.07. The lowest BCUT2D eigenvalue weighted by atomic mass is 9.98. The molecule has 0 nitrogen and oxygen atoms in total. The van der Waals surface area contributed by atoms with Crippen molar-refractivity contribution in [2.45, 2.75) is 33.1 Å². The summed E-state index contributed by atoms with van der Waals surface area (Å²) in [7, 11) is 0. The molecular weight excluding hydrogens is 295 g/mol. The van der Waals surface area contributed by atoms with Crippen LogP contribution in [-0.4, -0.2) is 0 Å². The van der Waals surface area contributed by atoms with E-state index in [2.05, 4.69) is 31.2 Å². The molecule has 24 heavy (non-hydrogen) atoms. The van der Waals surface area contributed by atoms with Gasteiger partial charge in [-0.2, -0.15) is 0 Å². The summed E-state index contributed by atoms with van der Waals surface area (Å²) in [6.45, 7) is 4.24. The molecule has 0 spiro atoms. The highest BCUT2D eigenvalue weighted by atomic mass is 19.1. The monoisotopic (exact) mass is 318 g/mol. The normalized spacial score (nSPS) is 10.8. The van der Waals surface area contributed by atoms with Crippen LogP contribution in [0.5, 0.6) is 0 Å². The van der Waals surface area contributed by atoms with E-state index in [-0.39, 0.29) is 5.82 Å². The van der Waals surface area contributed by atoms with Crippen LogP contribution in [0.2, 0.25) is 0 Å². The van der Waals surface area contributed by atoms with E-state index < -0.39 is 0 Å². The maximum absolute atomic E-state index is 14.6. The molecule has 0 radical (unpaired) electrons. The average molecular weight is 318 g/mol. The number of benzene rings is 3. The van der Waals surface area contributed by atoms with Crippen molar-refractivity contribution in [3.63, 3.8) is 0 Å². The van der Waals surface area contributed by atoms with Crippen molar-refractivity contribution in [2.24, 2.45) is 0 Å². The Morgan fingerprint density at radius 3 is 2.00 bits per heavy atom. The highest BCUT2D eigenvalue weighted by Crippen LogP contribution is 2.28. The fourth-order valence-electron chi connectivity index (χ4n) is 2.91. The van der Waals surface area contributed by atoms with Crippen molar-refractivity contribution in [3.05, 3.63) is 83.7 Å². The molecule has 3 aromatic carbocycles. The average Bonchev–Trinajstić information content (AvgIpc) is 2.61. The maximum Gasteiger partial charge on any atom is 0.131 e. The third-order valence-electron chi connectivity index (χ3n) is 4.44. The molecule has 0 saturated carbocycles. The number of halogens is 1. The van der Waals surface area contributed by atoms with Crippen LogP contribution in [0.15, 0.2) is 66.7 Å². The van der Waals surface area contributed by atoms with Crippen molar-refractivity contribution in [1.82, 2.24) is 0 Å². The summed E-state index contributed by atoms with van der Waals surface area (Å²) in [6, 6.07) is 21.9. The summed E-state index contributed by atoms with van der Waals surface area (Å²) < 4.78 is 14.6. The van der Waals surface area contributed by atoms with Gasteiger partial charge in [-0.15, -0.1) is 0 Å². The lowest BCUT2D eigenvalue weighted by molar-refractivity contribution is 0.632. The van der Waals surface area contributed by atoms with Gasteiger partial charge in [0.15, 0.2) is 0 Å². The van der Waals surface area contributed by atoms with E-state index >= 15 is 0 Å². The molecule has 0 fully saturated rings. The highest BCUT2D eigenvalue weighted by Gasteiger charge is 2.07. The first-order chi connectivity index (χ1) is 11.7. The molecule has 0 atom stereocenters. The second-order valence-corrected chi connectivity index (χ2v) is 6.36. The lowest BCUT2D eigenvalue weighted by Gasteiger charge is -2.08. The first kappa shape index (κ1) is 16.4. The van der Waals surface area contributed by atoms with Crippen molar-refractivity contribution >= 4 is 0 Å². The fourth-order valence-corrected chi connectivity index (χ4v) is 2.91. The molecule has 0 aromatic heterocycles. The van der Waals surface area contributed by atoms with Crippen molar-refractivity contribution < 1.29 is 4.39 Å². The standard InChI is InChI=1S/C23H23F/c1-3-4-5-18-8-12-19(13-9-18)21-14-15-22(23(24)16-21)20-10-6-17(2)7-11-20/h6-16H,3-5H2,1-2H3. The van der Waals surface area contributed by atoms with Gasteiger partial charge in [0.25, 0.3) is 0 Å². The highest BCUT2D eigenvalue weighted by molar-refractivity contribution is 5.71. The van der Waals surface area contributed by atoms with E-state index in [0.29, 0.717) is 5.56 Å². The third kappa shape index (κ3) is 3.73. The largest absolute Gasteiger partial charge is 0.206 e. The molecule has 3 rings (SSSR count). The van der Waals surface area contributed by atoms with Crippen LogP contribution < -0.4 is 0 Å². The van der Waals surface area contributed by atoms with Gasteiger partial charge in [0, 0.05) is 5.56 Å². The van der Waals surface area contributed by atoms with Gasteiger partial charge in [0.1, 0.15) is 5.82 Å². The Balaban J connectivity index is 1.85. The number of unbranched alkanes of at least 4 members (excludes halogenated alkanes) is 1. The zero-order valence-electron chi connectivity index (χ0n) is 14.4. The van der Waals surface area contributed by atoms with Crippen LogP contribution >= 0.6 is 0 Å². The Bertz CT molecular complexity index is 798. The first-order valence-electron chi connectivity index (χ1n) is 8.63. The van der Waals surface area contributed by atoms with Crippen LogP contribution in [0.25, 0.3) is 22.3 Å². The molecule has 0 aliphatic rings. The van der Waals surface area contributed by atoms with Crippen molar-refractivity contribution in [1.29, 1.82) is 0 Å². The summed E-state index contributed by atoms with van der Waals surface area (Å²) in [6.07, 6.45) is 3.52.